The summed E-state index contributed by atoms with van der Waals surface area (Å²) in [4.78, 5) is 0. The zero-order chi connectivity index (χ0) is 9.54. The number of aromatic nitrogens is 3. The number of nitrogens with zero attached hydrogens (tertiary/aromatic N) is 3. The molecule has 0 bridgehead atoms. The van der Waals surface area contributed by atoms with Crippen molar-refractivity contribution in [2.24, 2.45) is 0 Å². The van der Waals surface area contributed by atoms with E-state index in [-0.39, 0.29) is 0 Å². The Morgan fingerprint density at radius 3 is 2.93 bits per heavy atom. The van der Waals surface area contributed by atoms with E-state index >= 15 is 0 Å². The van der Waals surface area contributed by atoms with Crippen LogP contribution in [0.1, 0.15) is 49.2 Å². The van der Waals surface area contributed by atoms with Gasteiger partial charge in [-0.2, -0.15) is 0 Å². The Morgan fingerprint density at radius 1 is 1.36 bits per heavy atom. The molecule has 1 heterocycles. The normalized spacial score (nSPS) is 26.2. The third-order valence-electron chi connectivity index (χ3n) is 3.28. The predicted molar refractivity (Wildman–Crippen MR) is 53.0 cm³/mol. The smallest absolute Gasteiger partial charge is 0.0875 e. The van der Waals surface area contributed by atoms with Crippen molar-refractivity contribution in [2.45, 2.75) is 44.2 Å². The Balaban J connectivity index is 2.02. The number of aryl methyl sites for hydroxylation is 1. The predicted octanol–water partition coefficient (Wildman–Crippen LogP) is 1.21. The maximum atomic E-state index is 4.29. The van der Waals surface area contributed by atoms with Crippen molar-refractivity contribution >= 4 is 0 Å². The molecule has 0 amide bonds. The standard InChI is InChI=1S/C10H16N4/c1-11-8-3-2-4-9-10(8)14(13-12-9)7-5-6-7/h7-8,11H,2-6H2,1H3. The van der Waals surface area contributed by atoms with Gasteiger partial charge in [0.1, 0.15) is 0 Å². The maximum absolute atomic E-state index is 4.29. The summed E-state index contributed by atoms with van der Waals surface area (Å²) in [6.07, 6.45) is 6.14. The van der Waals surface area contributed by atoms with Crippen molar-refractivity contribution in [1.82, 2.24) is 20.3 Å². The molecule has 2 aliphatic carbocycles. The summed E-state index contributed by atoms with van der Waals surface area (Å²) in [5, 5.41) is 11.9. The van der Waals surface area contributed by atoms with Crippen LogP contribution in [0.5, 0.6) is 0 Å². The number of rotatable bonds is 2. The van der Waals surface area contributed by atoms with Gasteiger partial charge in [0.25, 0.3) is 0 Å². The highest BCUT2D eigenvalue weighted by molar-refractivity contribution is 5.19. The van der Waals surface area contributed by atoms with Crippen molar-refractivity contribution in [3.05, 3.63) is 11.4 Å². The lowest BCUT2D eigenvalue weighted by Crippen LogP contribution is -2.24. The highest BCUT2D eigenvalue weighted by Gasteiger charge is 2.32. The molecule has 1 atom stereocenters. The van der Waals surface area contributed by atoms with Crippen molar-refractivity contribution in [1.29, 1.82) is 0 Å². The van der Waals surface area contributed by atoms with E-state index in [0.717, 1.165) is 6.42 Å². The van der Waals surface area contributed by atoms with Gasteiger partial charge < -0.3 is 5.32 Å². The van der Waals surface area contributed by atoms with Crippen LogP contribution in [0.3, 0.4) is 0 Å². The Hall–Kier alpha value is -0.900. The lowest BCUT2D eigenvalue weighted by molar-refractivity contribution is 0.448. The number of hydrogen-bond acceptors (Lipinski definition) is 3. The van der Waals surface area contributed by atoms with Gasteiger partial charge in [-0.05, 0) is 39.2 Å². The van der Waals surface area contributed by atoms with Gasteiger partial charge in [-0.1, -0.05) is 5.21 Å². The van der Waals surface area contributed by atoms with E-state index in [9.17, 15) is 0 Å². The van der Waals surface area contributed by atoms with Crippen LogP contribution < -0.4 is 5.32 Å². The molecule has 14 heavy (non-hydrogen) atoms. The molecule has 4 heteroatoms. The SMILES string of the molecule is CNC1CCCc2nnn(C3CC3)c21. The molecule has 0 radical (unpaired) electrons. The van der Waals surface area contributed by atoms with Crippen LogP contribution in [0.25, 0.3) is 0 Å². The van der Waals surface area contributed by atoms with Crippen LogP contribution in [-0.4, -0.2) is 22.0 Å². The molecule has 0 aliphatic heterocycles. The van der Waals surface area contributed by atoms with E-state index in [0.29, 0.717) is 12.1 Å². The van der Waals surface area contributed by atoms with Gasteiger partial charge in [0.15, 0.2) is 0 Å². The summed E-state index contributed by atoms with van der Waals surface area (Å²) in [7, 11) is 2.03. The molecule has 1 unspecified atom stereocenters. The van der Waals surface area contributed by atoms with Crippen LogP contribution >= 0.6 is 0 Å². The van der Waals surface area contributed by atoms with E-state index < -0.39 is 0 Å². The minimum absolute atomic E-state index is 0.481. The van der Waals surface area contributed by atoms with E-state index in [1.165, 1.54) is 37.1 Å². The summed E-state index contributed by atoms with van der Waals surface area (Å²) in [6, 6.07) is 1.13. The molecule has 0 spiro atoms. The minimum Gasteiger partial charge on any atom is -0.312 e. The van der Waals surface area contributed by atoms with Gasteiger partial charge in [-0.25, -0.2) is 4.68 Å². The summed E-state index contributed by atoms with van der Waals surface area (Å²) in [5.74, 6) is 0. The average molecular weight is 192 g/mol. The zero-order valence-electron chi connectivity index (χ0n) is 8.53. The highest BCUT2D eigenvalue weighted by Crippen LogP contribution is 2.39. The van der Waals surface area contributed by atoms with Crippen LogP contribution in [0.2, 0.25) is 0 Å². The van der Waals surface area contributed by atoms with Gasteiger partial charge in [0, 0.05) is 0 Å². The first-order valence-electron chi connectivity index (χ1n) is 5.51. The molecule has 1 aromatic rings. The quantitative estimate of drug-likeness (QED) is 0.766. The molecule has 1 N–H and O–H groups in total. The number of fused-ring (bicyclic) bond motifs is 1. The summed E-state index contributed by atoms with van der Waals surface area (Å²) in [6.45, 7) is 0. The number of nitrogens with one attached hydrogen (secondary N) is 1. The van der Waals surface area contributed by atoms with Crippen LogP contribution in [0.4, 0.5) is 0 Å². The van der Waals surface area contributed by atoms with Gasteiger partial charge in [-0.15, -0.1) is 5.10 Å². The first-order valence-corrected chi connectivity index (χ1v) is 5.51. The second kappa shape index (κ2) is 3.05. The molecule has 0 aromatic carbocycles. The summed E-state index contributed by atoms with van der Waals surface area (Å²) < 4.78 is 2.16. The fourth-order valence-corrected chi connectivity index (χ4v) is 2.35. The lowest BCUT2D eigenvalue weighted by Gasteiger charge is -2.22. The Morgan fingerprint density at radius 2 is 2.21 bits per heavy atom. The third kappa shape index (κ3) is 1.17. The molecule has 0 saturated heterocycles. The Kier molecular flexibility index (Phi) is 1.83. The van der Waals surface area contributed by atoms with Gasteiger partial charge >= 0.3 is 0 Å². The highest BCUT2D eigenvalue weighted by atomic mass is 15.5. The van der Waals surface area contributed by atoms with E-state index in [2.05, 4.69) is 20.3 Å². The van der Waals surface area contributed by atoms with Crippen molar-refractivity contribution in [3.8, 4) is 0 Å². The van der Waals surface area contributed by atoms with Gasteiger partial charge in [0.05, 0.1) is 23.5 Å². The molecule has 3 rings (SSSR count). The molecule has 1 aromatic heterocycles. The minimum atomic E-state index is 0.481. The van der Waals surface area contributed by atoms with Crippen LogP contribution in [0.15, 0.2) is 0 Å². The number of hydrogen-bond donors (Lipinski definition) is 1. The average Bonchev–Trinajstić information content (AvgIpc) is 2.97. The van der Waals surface area contributed by atoms with Crippen molar-refractivity contribution in [3.63, 3.8) is 0 Å². The molecule has 76 valence electrons. The van der Waals surface area contributed by atoms with E-state index in [1.54, 1.807) is 0 Å². The van der Waals surface area contributed by atoms with E-state index in [1.807, 2.05) is 7.05 Å². The fourth-order valence-electron chi connectivity index (χ4n) is 2.35. The van der Waals surface area contributed by atoms with Crippen LogP contribution in [-0.2, 0) is 6.42 Å². The topological polar surface area (TPSA) is 42.7 Å². The lowest BCUT2D eigenvalue weighted by atomic mass is 9.96. The van der Waals surface area contributed by atoms with Gasteiger partial charge in [0.2, 0.25) is 0 Å². The molecule has 1 saturated carbocycles. The first-order chi connectivity index (χ1) is 6.90. The van der Waals surface area contributed by atoms with Crippen LogP contribution in [0, 0.1) is 0 Å². The maximum Gasteiger partial charge on any atom is 0.0875 e. The summed E-state index contributed by atoms with van der Waals surface area (Å²) in [5.41, 5.74) is 2.59. The Bertz CT molecular complexity index is 340. The van der Waals surface area contributed by atoms with E-state index in [4.69, 9.17) is 0 Å². The summed E-state index contributed by atoms with van der Waals surface area (Å²) >= 11 is 0. The van der Waals surface area contributed by atoms with Crippen molar-refractivity contribution in [2.75, 3.05) is 7.05 Å². The molecular formula is C10H16N4. The van der Waals surface area contributed by atoms with Gasteiger partial charge in [-0.3, -0.25) is 0 Å². The molecule has 1 fully saturated rings. The second-order valence-corrected chi connectivity index (χ2v) is 4.33. The Labute approximate surface area is 83.7 Å². The molecule has 2 aliphatic rings. The molecular weight excluding hydrogens is 176 g/mol. The molecule has 4 nitrogen and oxygen atoms in total. The monoisotopic (exact) mass is 192 g/mol. The first kappa shape index (κ1) is 8.41. The fraction of sp³-hybridized carbons (Fsp3) is 0.800. The van der Waals surface area contributed by atoms with Crippen molar-refractivity contribution < 1.29 is 0 Å². The second-order valence-electron chi connectivity index (χ2n) is 4.33. The zero-order valence-corrected chi connectivity index (χ0v) is 8.53. The largest absolute Gasteiger partial charge is 0.312 e. The third-order valence-corrected chi connectivity index (χ3v) is 3.28.